The Kier molecular flexibility index (Phi) is 3.32. The molecular formula is C6H9O3S. The molecule has 0 aliphatic carbocycles. The van der Waals surface area contributed by atoms with E-state index in [4.69, 9.17) is 4.55 Å². The second kappa shape index (κ2) is 3.53. The fourth-order valence-electron chi connectivity index (χ4n) is 0.436. The lowest BCUT2D eigenvalue weighted by atomic mass is 10.3. The van der Waals surface area contributed by atoms with Gasteiger partial charge >= 0.3 is 0 Å². The van der Waals surface area contributed by atoms with E-state index in [0.29, 0.717) is 0 Å². The maximum absolute atomic E-state index is 10.4. The minimum atomic E-state index is -4.05. The van der Waals surface area contributed by atoms with Gasteiger partial charge in [0.2, 0.25) is 0 Å². The smallest absolute Gasteiger partial charge is 0.276 e. The van der Waals surface area contributed by atoms with Gasteiger partial charge in [-0.3, -0.25) is 4.55 Å². The molecule has 0 bridgehead atoms. The van der Waals surface area contributed by atoms with Gasteiger partial charge in [0.1, 0.15) is 5.25 Å². The molecule has 0 saturated heterocycles. The van der Waals surface area contributed by atoms with E-state index in [9.17, 15) is 8.42 Å². The van der Waals surface area contributed by atoms with Crippen LogP contribution in [0.1, 0.15) is 6.42 Å². The van der Waals surface area contributed by atoms with Crippen molar-refractivity contribution in [3.8, 4) is 0 Å². The molecule has 0 aromatic rings. The quantitative estimate of drug-likeness (QED) is 0.497. The van der Waals surface area contributed by atoms with Gasteiger partial charge in [-0.2, -0.15) is 8.42 Å². The zero-order valence-corrected chi connectivity index (χ0v) is 6.26. The van der Waals surface area contributed by atoms with Gasteiger partial charge in [-0.05, 0) is 6.42 Å². The normalized spacial score (nSPS) is 11.4. The fraction of sp³-hybridized carbons (Fsp3) is 0.167. The lowest BCUT2D eigenvalue weighted by molar-refractivity contribution is 0.485. The molecule has 0 aliphatic heterocycles. The molecule has 0 aliphatic rings. The molecule has 0 fully saturated rings. The summed E-state index contributed by atoms with van der Waals surface area (Å²) >= 11 is 0. The summed E-state index contributed by atoms with van der Waals surface area (Å²) in [6.07, 6.45) is 2.59. The van der Waals surface area contributed by atoms with Crippen molar-refractivity contribution in [1.29, 1.82) is 0 Å². The van der Waals surface area contributed by atoms with E-state index in [-0.39, 0.29) is 11.7 Å². The number of allylic oxidation sites excluding steroid dienone is 1. The van der Waals surface area contributed by atoms with Crippen molar-refractivity contribution >= 4 is 10.1 Å². The van der Waals surface area contributed by atoms with Gasteiger partial charge in [0.05, 0.1) is 0 Å². The molecule has 0 aromatic carbocycles. The molecule has 1 N–H and O–H groups in total. The van der Waals surface area contributed by atoms with Gasteiger partial charge in [0, 0.05) is 0 Å². The van der Waals surface area contributed by atoms with Gasteiger partial charge in [-0.1, -0.05) is 12.2 Å². The Balaban J connectivity index is 4.36. The van der Waals surface area contributed by atoms with Crippen LogP contribution in [0.4, 0.5) is 0 Å². The van der Waals surface area contributed by atoms with Crippen LogP contribution in [0.25, 0.3) is 0 Å². The molecule has 57 valence electrons. The van der Waals surface area contributed by atoms with Crippen molar-refractivity contribution in [3.63, 3.8) is 0 Å². The summed E-state index contributed by atoms with van der Waals surface area (Å²) in [6, 6.07) is 0. The van der Waals surface area contributed by atoms with Gasteiger partial charge in [0.15, 0.2) is 0 Å². The highest BCUT2D eigenvalue weighted by molar-refractivity contribution is 7.89. The van der Waals surface area contributed by atoms with Crippen LogP contribution < -0.4 is 0 Å². The third kappa shape index (κ3) is 2.80. The first-order chi connectivity index (χ1) is 4.52. The van der Waals surface area contributed by atoms with Gasteiger partial charge in [-0.25, -0.2) is 0 Å². The average molecular weight is 161 g/mol. The summed E-state index contributed by atoms with van der Waals surface area (Å²) in [5.74, 6) is 0. The predicted molar refractivity (Wildman–Crippen MR) is 39.8 cm³/mol. The maximum Gasteiger partial charge on any atom is 0.276 e. The number of hydrogen-bond donors (Lipinski definition) is 1. The monoisotopic (exact) mass is 161 g/mol. The molecule has 0 saturated carbocycles. The van der Waals surface area contributed by atoms with Crippen molar-refractivity contribution < 1.29 is 13.0 Å². The van der Waals surface area contributed by atoms with E-state index in [0.717, 1.165) is 6.08 Å². The van der Waals surface area contributed by atoms with Crippen LogP contribution in [0.15, 0.2) is 25.3 Å². The summed E-state index contributed by atoms with van der Waals surface area (Å²) in [5, 5.41) is -0.123. The van der Waals surface area contributed by atoms with Gasteiger partial charge in [0.25, 0.3) is 10.1 Å². The third-order valence-electron chi connectivity index (χ3n) is 0.905. The fourth-order valence-corrected chi connectivity index (χ4v) is 0.975. The van der Waals surface area contributed by atoms with Crippen LogP contribution >= 0.6 is 0 Å². The Morgan fingerprint density at radius 3 is 2.10 bits per heavy atom. The van der Waals surface area contributed by atoms with Crippen molar-refractivity contribution in [1.82, 2.24) is 0 Å². The molecule has 0 unspecified atom stereocenters. The molecule has 4 heteroatoms. The molecule has 0 rings (SSSR count). The van der Waals surface area contributed by atoms with E-state index >= 15 is 0 Å². The molecule has 10 heavy (non-hydrogen) atoms. The minimum Gasteiger partial charge on any atom is -0.285 e. The zero-order valence-electron chi connectivity index (χ0n) is 5.45. The molecule has 0 aromatic heterocycles. The predicted octanol–water partition coefficient (Wildman–Crippen LogP) is 1.17. The average Bonchev–Trinajstić information content (AvgIpc) is 1.80. The van der Waals surface area contributed by atoms with Gasteiger partial charge < -0.3 is 0 Å². The van der Waals surface area contributed by atoms with E-state index in [1.54, 1.807) is 0 Å². The van der Waals surface area contributed by atoms with Crippen LogP contribution in [0.2, 0.25) is 0 Å². The van der Waals surface area contributed by atoms with Crippen molar-refractivity contribution in [2.24, 2.45) is 0 Å². The molecular weight excluding hydrogens is 152 g/mol. The second-order valence-electron chi connectivity index (χ2n) is 1.64. The van der Waals surface area contributed by atoms with Crippen LogP contribution in [0.5, 0.6) is 0 Å². The molecule has 1 radical (unpaired) electrons. The topological polar surface area (TPSA) is 54.4 Å². The van der Waals surface area contributed by atoms with Crippen LogP contribution in [0, 0.1) is 5.25 Å². The van der Waals surface area contributed by atoms with E-state index in [1.807, 2.05) is 0 Å². The first-order valence-electron chi connectivity index (χ1n) is 2.59. The van der Waals surface area contributed by atoms with E-state index < -0.39 is 10.1 Å². The third-order valence-corrected chi connectivity index (χ3v) is 1.90. The Morgan fingerprint density at radius 2 is 2.00 bits per heavy atom. The molecule has 0 amide bonds. The Labute approximate surface area is 60.8 Å². The van der Waals surface area contributed by atoms with Crippen molar-refractivity contribution in [2.75, 3.05) is 0 Å². The first-order valence-corrected chi connectivity index (χ1v) is 4.03. The van der Waals surface area contributed by atoms with Crippen molar-refractivity contribution in [2.45, 2.75) is 6.42 Å². The number of hydrogen-bond acceptors (Lipinski definition) is 2. The SMILES string of the molecule is C=CC[C](C=C)S(=O)(=O)O. The van der Waals surface area contributed by atoms with Crippen LogP contribution in [0.3, 0.4) is 0 Å². The molecule has 0 atom stereocenters. The lowest BCUT2D eigenvalue weighted by Gasteiger charge is -2.02. The Morgan fingerprint density at radius 1 is 1.50 bits per heavy atom. The lowest BCUT2D eigenvalue weighted by Crippen LogP contribution is -2.07. The van der Waals surface area contributed by atoms with E-state index in [2.05, 4.69) is 13.2 Å². The summed E-state index contributed by atoms with van der Waals surface area (Å²) in [7, 11) is -4.05. The molecule has 0 spiro atoms. The number of rotatable bonds is 4. The Hall–Kier alpha value is -0.610. The van der Waals surface area contributed by atoms with Crippen molar-refractivity contribution in [3.05, 3.63) is 30.6 Å². The largest absolute Gasteiger partial charge is 0.285 e. The highest BCUT2D eigenvalue weighted by atomic mass is 32.2. The van der Waals surface area contributed by atoms with Crippen LogP contribution in [-0.2, 0) is 10.1 Å². The summed E-state index contributed by atoms with van der Waals surface area (Å²) in [5.41, 5.74) is 0. The molecule has 3 nitrogen and oxygen atoms in total. The first kappa shape index (κ1) is 9.39. The van der Waals surface area contributed by atoms with Crippen LogP contribution in [-0.4, -0.2) is 13.0 Å². The summed E-state index contributed by atoms with van der Waals surface area (Å²) in [6.45, 7) is 6.54. The standard InChI is InChI=1S/C6H9O3S/c1-3-5-6(4-2)10(7,8)9/h3-4H,1-2,5H2,(H,7,8,9). The minimum absolute atomic E-state index is 0.113. The summed E-state index contributed by atoms with van der Waals surface area (Å²) in [4.78, 5) is 0. The van der Waals surface area contributed by atoms with Gasteiger partial charge in [-0.15, -0.1) is 13.2 Å². The maximum atomic E-state index is 10.4. The second-order valence-corrected chi connectivity index (χ2v) is 3.11. The molecule has 0 heterocycles. The summed E-state index contributed by atoms with van der Waals surface area (Å²) < 4.78 is 29.1. The van der Waals surface area contributed by atoms with E-state index in [1.165, 1.54) is 6.08 Å². The zero-order chi connectivity index (χ0) is 8.20. The highest BCUT2D eigenvalue weighted by Crippen LogP contribution is 2.14. The Bertz CT molecular complexity index is 215. The highest BCUT2D eigenvalue weighted by Gasteiger charge is 2.17.